The number of benzene rings is 2. The molecule has 1 saturated heterocycles. The fourth-order valence-electron chi connectivity index (χ4n) is 4.59. The lowest BCUT2D eigenvalue weighted by Gasteiger charge is -2.43. The van der Waals surface area contributed by atoms with Gasteiger partial charge in [0.05, 0.1) is 6.04 Å². The van der Waals surface area contributed by atoms with Crippen LogP contribution in [0.5, 0.6) is 0 Å². The van der Waals surface area contributed by atoms with Crippen LogP contribution in [0.3, 0.4) is 0 Å². The van der Waals surface area contributed by atoms with E-state index >= 15 is 0 Å². The monoisotopic (exact) mass is 450 g/mol. The van der Waals surface area contributed by atoms with E-state index in [0.717, 1.165) is 45.3 Å². The first kappa shape index (κ1) is 24.8. The molecule has 1 heterocycles. The molecule has 0 aromatic heterocycles. The maximum Gasteiger partial charge on any atom is 0.317 e. The van der Waals surface area contributed by atoms with Crippen molar-refractivity contribution in [1.29, 1.82) is 0 Å². The fourth-order valence-corrected chi connectivity index (χ4v) is 4.59. The molecule has 2 aromatic rings. The normalized spacial score (nSPS) is 16.6. The molecule has 3 amide bonds. The van der Waals surface area contributed by atoms with Crippen LogP contribution in [-0.4, -0.2) is 61.0 Å². The lowest BCUT2D eigenvalue weighted by molar-refractivity contribution is -0.120. The summed E-state index contributed by atoms with van der Waals surface area (Å²) in [6.07, 6.45) is 4.46. The summed E-state index contributed by atoms with van der Waals surface area (Å²) in [5.41, 5.74) is 2.57. The van der Waals surface area contributed by atoms with Crippen molar-refractivity contribution in [2.45, 2.75) is 51.1 Å². The van der Waals surface area contributed by atoms with Crippen LogP contribution in [0, 0.1) is 0 Å². The van der Waals surface area contributed by atoms with Gasteiger partial charge in [0.25, 0.3) is 0 Å². The van der Waals surface area contributed by atoms with Gasteiger partial charge >= 0.3 is 6.03 Å². The minimum Gasteiger partial charge on any atom is -0.359 e. The first-order chi connectivity index (χ1) is 16.1. The molecule has 178 valence electrons. The van der Waals surface area contributed by atoms with Crippen LogP contribution in [0.1, 0.15) is 56.2 Å². The van der Waals surface area contributed by atoms with Crippen LogP contribution in [0.25, 0.3) is 0 Å². The molecule has 0 saturated carbocycles. The maximum atomic E-state index is 12.8. The minimum absolute atomic E-state index is 0.0310. The number of amides is 3. The maximum absolute atomic E-state index is 12.8. The molecule has 0 radical (unpaired) electrons. The number of hydrogen-bond acceptors (Lipinski definition) is 3. The molecule has 33 heavy (non-hydrogen) atoms. The molecule has 1 aliphatic rings. The van der Waals surface area contributed by atoms with Gasteiger partial charge in [0.15, 0.2) is 0 Å². The molecule has 1 fully saturated rings. The predicted octanol–water partition coefficient (Wildman–Crippen LogP) is 4.19. The second kappa shape index (κ2) is 13.0. The van der Waals surface area contributed by atoms with E-state index in [-0.39, 0.29) is 24.0 Å². The third kappa shape index (κ3) is 7.32. The first-order valence-corrected chi connectivity index (χ1v) is 12.2. The van der Waals surface area contributed by atoms with Gasteiger partial charge in [0, 0.05) is 45.7 Å². The molecular weight excluding hydrogens is 412 g/mol. The molecule has 0 spiro atoms. The van der Waals surface area contributed by atoms with E-state index in [2.05, 4.69) is 83.1 Å². The number of nitrogens with one attached hydrogen (secondary N) is 2. The van der Waals surface area contributed by atoms with Crippen molar-refractivity contribution in [3.8, 4) is 0 Å². The van der Waals surface area contributed by atoms with Crippen LogP contribution >= 0.6 is 0 Å². The number of piperazine rings is 1. The largest absolute Gasteiger partial charge is 0.359 e. The zero-order valence-electron chi connectivity index (χ0n) is 20.0. The number of rotatable bonds is 10. The van der Waals surface area contributed by atoms with Crippen molar-refractivity contribution in [1.82, 2.24) is 20.4 Å². The summed E-state index contributed by atoms with van der Waals surface area (Å²) in [6.45, 7) is 5.21. The van der Waals surface area contributed by atoms with Crippen molar-refractivity contribution < 1.29 is 9.59 Å². The van der Waals surface area contributed by atoms with Crippen LogP contribution in [0.15, 0.2) is 60.7 Å². The van der Waals surface area contributed by atoms with E-state index in [1.165, 1.54) is 11.1 Å². The van der Waals surface area contributed by atoms with Crippen molar-refractivity contribution in [3.63, 3.8) is 0 Å². The highest BCUT2D eigenvalue weighted by molar-refractivity contribution is 5.75. The van der Waals surface area contributed by atoms with Gasteiger partial charge < -0.3 is 15.5 Å². The standard InChI is InChI=1S/C27H38N4O2/c1-22-21-30(26(23-13-7-5-8-14-23)24-15-9-6-10-16-24)19-20-31(22)27(33)29-18-12-4-3-11-17-25(32)28-2/h5-10,13-16,22,26H,3-4,11-12,17-21H2,1-2H3,(H,28,32)(H,29,33)/t22-/m1/s1. The second-order valence-electron chi connectivity index (χ2n) is 8.83. The number of unbranched alkanes of at least 4 members (excludes halogenated alkanes) is 3. The van der Waals surface area contributed by atoms with E-state index < -0.39 is 0 Å². The Labute approximate surface area is 198 Å². The van der Waals surface area contributed by atoms with Crippen molar-refractivity contribution in [2.75, 3.05) is 33.2 Å². The van der Waals surface area contributed by atoms with Gasteiger partial charge in [-0.15, -0.1) is 0 Å². The molecule has 1 atom stereocenters. The molecule has 0 bridgehead atoms. The van der Waals surface area contributed by atoms with Crippen molar-refractivity contribution >= 4 is 11.9 Å². The molecular formula is C27H38N4O2. The lowest BCUT2D eigenvalue weighted by atomic mass is 9.95. The molecule has 0 unspecified atom stereocenters. The smallest absolute Gasteiger partial charge is 0.317 e. The van der Waals surface area contributed by atoms with E-state index in [1.54, 1.807) is 7.05 Å². The number of urea groups is 1. The van der Waals surface area contributed by atoms with Crippen molar-refractivity contribution in [3.05, 3.63) is 71.8 Å². The highest BCUT2D eigenvalue weighted by Gasteiger charge is 2.32. The Bertz CT molecular complexity index is 819. The van der Waals surface area contributed by atoms with Crippen LogP contribution in [0.4, 0.5) is 4.79 Å². The number of hydrogen-bond donors (Lipinski definition) is 2. The number of nitrogens with zero attached hydrogens (tertiary/aromatic N) is 2. The van der Waals surface area contributed by atoms with Gasteiger partial charge in [0.2, 0.25) is 5.91 Å². The summed E-state index contributed by atoms with van der Waals surface area (Å²) in [5, 5.41) is 5.74. The van der Waals surface area contributed by atoms with Gasteiger partial charge in [0.1, 0.15) is 0 Å². The zero-order chi connectivity index (χ0) is 23.5. The van der Waals surface area contributed by atoms with E-state index in [9.17, 15) is 9.59 Å². The molecule has 1 aliphatic heterocycles. The average Bonchev–Trinajstić information content (AvgIpc) is 2.84. The summed E-state index contributed by atoms with van der Waals surface area (Å²) in [4.78, 5) is 28.5. The Balaban J connectivity index is 1.49. The molecule has 2 N–H and O–H groups in total. The minimum atomic E-state index is 0.0310. The van der Waals surface area contributed by atoms with Gasteiger partial charge in [-0.05, 0) is 30.9 Å². The molecule has 6 nitrogen and oxygen atoms in total. The molecule has 3 rings (SSSR count). The summed E-state index contributed by atoms with van der Waals surface area (Å²) in [6, 6.07) is 21.6. The van der Waals surface area contributed by atoms with Crippen LogP contribution in [-0.2, 0) is 4.79 Å². The summed E-state index contributed by atoms with van der Waals surface area (Å²) < 4.78 is 0. The highest BCUT2D eigenvalue weighted by atomic mass is 16.2. The first-order valence-electron chi connectivity index (χ1n) is 12.2. The summed E-state index contributed by atoms with van der Waals surface area (Å²) in [7, 11) is 1.67. The number of carbonyl (C=O) groups is 2. The molecule has 2 aromatic carbocycles. The van der Waals surface area contributed by atoms with Gasteiger partial charge in [-0.25, -0.2) is 4.79 Å². The highest BCUT2D eigenvalue weighted by Crippen LogP contribution is 2.30. The Morgan fingerprint density at radius 1 is 0.909 bits per heavy atom. The quantitative estimate of drug-likeness (QED) is 0.534. The van der Waals surface area contributed by atoms with E-state index in [4.69, 9.17) is 0 Å². The Morgan fingerprint density at radius 2 is 1.52 bits per heavy atom. The Morgan fingerprint density at radius 3 is 2.09 bits per heavy atom. The van der Waals surface area contributed by atoms with Gasteiger partial charge in [-0.2, -0.15) is 0 Å². The van der Waals surface area contributed by atoms with Crippen LogP contribution < -0.4 is 10.6 Å². The summed E-state index contributed by atoms with van der Waals surface area (Å²) >= 11 is 0. The number of carbonyl (C=O) groups excluding carboxylic acids is 2. The van der Waals surface area contributed by atoms with Crippen molar-refractivity contribution in [2.24, 2.45) is 0 Å². The average molecular weight is 451 g/mol. The van der Waals surface area contributed by atoms with Gasteiger partial charge in [-0.1, -0.05) is 73.5 Å². The second-order valence-corrected chi connectivity index (χ2v) is 8.83. The summed E-state index contributed by atoms with van der Waals surface area (Å²) in [5.74, 6) is 0.0956. The SMILES string of the molecule is CNC(=O)CCCCCCNC(=O)N1CCN(C(c2ccccc2)c2ccccc2)C[C@H]1C. The third-order valence-corrected chi connectivity index (χ3v) is 6.40. The molecule has 6 heteroatoms. The third-order valence-electron chi connectivity index (χ3n) is 6.40. The molecule has 0 aliphatic carbocycles. The topological polar surface area (TPSA) is 64.7 Å². The Hall–Kier alpha value is -2.86. The van der Waals surface area contributed by atoms with E-state index in [1.807, 2.05) is 4.90 Å². The zero-order valence-corrected chi connectivity index (χ0v) is 20.0. The van der Waals surface area contributed by atoms with Crippen LogP contribution in [0.2, 0.25) is 0 Å². The predicted molar refractivity (Wildman–Crippen MR) is 133 cm³/mol. The lowest BCUT2D eigenvalue weighted by Crippen LogP contribution is -2.57. The Kier molecular flexibility index (Phi) is 9.76. The van der Waals surface area contributed by atoms with E-state index in [0.29, 0.717) is 13.0 Å². The fraction of sp³-hybridized carbons (Fsp3) is 0.481. The van der Waals surface area contributed by atoms with Gasteiger partial charge in [-0.3, -0.25) is 9.69 Å².